The lowest BCUT2D eigenvalue weighted by atomic mass is 9.79. The van der Waals surface area contributed by atoms with Gasteiger partial charge in [-0.25, -0.2) is 0 Å². The van der Waals surface area contributed by atoms with E-state index < -0.39 is 17.3 Å². The molecule has 1 aliphatic rings. The Morgan fingerprint density at radius 3 is 2.26 bits per heavy atom. The molecular weight excluding hydrogens is 348 g/mol. The number of aromatic hydroxyl groups is 3. The quantitative estimate of drug-likeness (QED) is 0.609. The number of allylic oxidation sites excluding steroid dienone is 2. The zero-order valence-corrected chi connectivity index (χ0v) is 15.1. The Kier molecular flexibility index (Phi) is 4.27. The highest BCUT2D eigenvalue weighted by Gasteiger charge is 2.38. The van der Waals surface area contributed by atoms with E-state index in [0.717, 1.165) is 12.1 Å². The summed E-state index contributed by atoms with van der Waals surface area (Å²) in [5, 5.41) is 30.1. The standard InChI is InChI=1S/C21H18O6/c1-5-10(3)27-11(4)16-9(2)6-14(23)18-19(16)20(25)13-7-12(22)8-15(24)17(13)21(18)26/h5-8,22-24H,4H2,1-3H3. The molecule has 0 aromatic heterocycles. The molecular formula is C21H18O6. The van der Waals surface area contributed by atoms with Crippen LogP contribution in [0, 0.1) is 6.92 Å². The minimum atomic E-state index is -0.716. The third-order valence-corrected chi connectivity index (χ3v) is 4.50. The van der Waals surface area contributed by atoms with Crippen molar-refractivity contribution in [3.8, 4) is 17.2 Å². The maximum Gasteiger partial charge on any atom is 0.201 e. The predicted octanol–water partition coefficient (Wildman–Crippen LogP) is 3.80. The molecule has 0 unspecified atom stereocenters. The minimum Gasteiger partial charge on any atom is -0.508 e. The molecule has 0 atom stereocenters. The van der Waals surface area contributed by atoms with E-state index in [1.165, 1.54) is 6.07 Å². The van der Waals surface area contributed by atoms with Gasteiger partial charge in [0.15, 0.2) is 5.78 Å². The Labute approximate surface area is 155 Å². The van der Waals surface area contributed by atoms with Gasteiger partial charge in [-0.15, -0.1) is 0 Å². The summed E-state index contributed by atoms with van der Waals surface area (Å²) in [6.07, 6.45) is 1.71. The van der Waals surface area contributed by atoms with E-state index in [2.05, 4.69) is 6.58 Å². The Morgan fingerprint density at radius 1 is 1.00 bits per heavy atom. The number of aryl methyl sites for hydroxylation is 1. The van der Waals surface area contributed by atoms with Crippen molar-refractivity contribution in [3.63, 3.8) is 0 Å². The molecule has 27 heavy (non-hydrogen) atoms. The molecule has 0 aliphatic heterocycles. The molecule has 2 aromatic carbocycles. The molecule has 138 valence electrons. The van der Waals surface area contributed by atoms with Gasteiger partial charge in [0, 0.05) is 22.8 Å². The first-order chi connectivity index (χ1) is 12.7. The summed E-state index contributed by atoms with van der Waals surface area (Å²) in [7, 11) is 0. The van der Waals surface area contributed by atoms with Gasteiger partial charge < -0.3 is 20.1 Å². The smallest absolute Gasteiger partial charge is 0.201 e. The van der Waals surface area contributed by atoms with Gasteiger partial charge in [0.25, 0.3) is 0 Å². The van der Waals surface area contributed by atoms with Crippen LogP contribution in [0.1, 0.15) is 56.8 Å². The molecule has 0 spiro atoms. The van der Waals surface area contributed by atoms with Gasteiger partial charge >= 0.3 is 0 Å². The molecule has 0 saturated carbocycles. The molecule has 3 N–H and O–H groups in total. The topological polar surface area (TPSA) is 104 Å². The first-order valence-electron chi connectivity index (χ1n) is 8.19. The van der Waals surface area contributed by atoms with Gasteiger partial charge in [-0.3, -0.25) is 9.59 Å². The fraction of sp³-hybridized carbons (Fsp3) is 0.143. The lowest BCUT2D eigenvalue weighted by molar-refractivity contribution is 0.0973. The maximum absolute atomic E-state index is 13.1. The lowest BCUT2D eigenvalue weighted by Gasteiger charge is -2.24. The second-order valence-corrected chi connectivity index (χ2v) is 6.31. The number of fused-ring (bicyclic) bond motifs is 2. The van der Waals surface area contributed by atoms with Gasteiger partial charge in [-0.1, -0.05) is 6.58 Å². The zero-order valence-electron chi connectivity index (χ0n) is 15.1. The summed E-state index contributed by atoms with van der Waals surface area (Å²) < 4.78 is 5.61. The Morgan fingerprint density at radius 2 is 1.63 bits per heavy atom. The minimum absolute atomic E-state index is 0.0658. The number of hydrogen-bond acceptors (Lipinski definition) is 6. The van der Waals surface area contributed by atoms with Crippen LogP contribution >= 0.6 is 0 Å². The van der Waals surface area contributed by atoms with Gasteiger partial charge in [-0.2, -0.15) is 0 Å². The monoisotopic (exact) mass is 366 g/mol. The number of carbonyl (C=O) groups is 2. The summed E-state index contributed by atoms with van der Waals surface area (Å²) in [5.74, 6) is -1.91. The lowest BCUT2D eigenvalue weighted by Crippen LogP contribution is -2.23. The number of rotatable bonds is 3. The van der Waals surface area contributed by atoms with Crippen molar-refractivity contribution in [2.45, 2.75) is 20.8 Å². The fourth-order valence-corrected chi connectivity index (χ4v) is 3.21. The highest BCUT2D eigenvalue weighted by molar-refractivity contribution is 6.31. The van der Waals surface area contributed by atoms with Crippen molar-refractivity contribution in [2.24, 2.45) is 0 Å². The number of ether oxygens (including phenoxy) is 1. The van der Waals surface area contributed by atoms with E-state index in [9.17, 15) is 24.9 Å². The van der Waals surface area contributed by atoms with E-state index in [1.54, 1.807) is 26.8 Å². The molecule has 6 nitrogen and oxygen atoms in total. The number of benzene rings is 2. The van der Waals surface area contributed by atoms with Gasteiger partial charge in [0.05, 0.1) is 16.9 Å². The summed E-state index contributed by atoms with van der Waals surface area (Å²) in [5.41, 5.74) is 0.0872. The number of phenols is 3. The molecule has 6 heteroatoms. The van der Waals surface area contributed by atoms with Gasteiger partial charge in [0.2, 0.25) is 5.78 Å². The number of carbonyl (C=O) groups excluding carboxylic acids is 2. The second kappa shape index (κ2) is 6.32. The number of ketones is 2. The summed E-state index contributed by atoms with van der Waals surface area (Å²) in [6, 6.07) is 3.43. The molecule has 0 radical (unpaired) electrons. The molecule has 2 aromatic rings. The molecule has 0 amide bonds. The van der Waals surface area contributed by atoms with Crippen molar-refractivity contribution >= 4 is 17.3 Å². The molecule has 1 aliphatic carbocycles. The van der Waals surface area contributed by atoms with E-state index in [4.69, 9.17) is 4.74 Å². The van der Waals surface area contributed by atoms with Crippen LogP contribution in [0.4, 0.5) is 0 Å². The second-order valence-electron chi connectivity index (χ2n) is 6.31. The average Bonchev–Trinajstić information content (AvgIpc) is 2.57. The highest BCUT2D eigenvalue weighted by atomic mass is 16.5. The van der Waals surface area contributed by atoms with Crippen LogP contribution in [0.5, 0.6) is 17.2 Å². The van der Waals surface area contributed by atoms with Crippen LogP contribution in [0.25, 0.3) is 5.76 Å². The summed E-state index contributed by atoms with van der Waals surface area (Å²) in [6.45, 7) is 9.00. The van der Waals surface area contributed by atoms with Crippen LogP contribution in [0.15, 0.2) is 36.6 Å². The Balaban J connectivity index is 2.34. The maximum atomic E-state index is 13.1. The molecule has 0 heterocycles. The molecule has 0 fully saturated rings. The summed E-state index contributed by atoms with van der Waals surface area (Å²) in [4.78, 5) is 26.1. The third kappa shape index (κ3) is 2.75. The van der Waals surface area contributed by atoms with Crippen molar-refractivity contribution in [1.82, 2.24) is 0 Å². The van der Waals surface area contributed by atoms with Gasteiger partial charge in [0.1, 0.15) is 23.0 Å². The Bertz CT molecular complexity index is 1060. The largest absolute Gasteiger partial charge is 0.508 e. The first-order valence-corrected chi connectivity index (χ1v) is 8.19. The van der Waals surface area contributed by atoms with Crippen LogP contribution in [0.2, 0.25) is 0 Å². The van der Waals surface area contributed by atoms with Crippen LogP contribution < -0.4 is 0 Å². The van der Waals surface area contributed by atoms with E-state index in [-0.39, 0.29) is 45.1 Å². The zero-order chi connectivity index (χ0) is 20.0. The van der Waals surface area contributed by atoms with Crippen LogP contribution in [-0.4, -0.2) is 26.9 Å². The molecule has 3 rings (SSSR count). The SMILES string of the molecule is C=C(OC(C)=CC)c1c(C)cc(O)c2c1C(=O)c1cc(O)cc(O)c1C2=O. The van der Waals surface area contributed by atoms with E-state index in [0.29, 0.717) is 11.3 Å². The number of hydrogen-bond donors (Lipinski definition) is 3. The Hall–Kier alpha value is -3.54. The van der Waals surface area contributed by atoms with Crippen LogP contribution in [-0.2, 0) is 4.74 Å². The van der Waals surface area contributed by atoms with Crippen molar-refractivity contribution < 1.29 is 29.6 Å². The number of phenolic OH excluding ortho intramolecular Hbond substituents is 3. The normalized spacial score (nSPS) is 13.2. The highest BCUT2D eigenvalue weighted by Crippen LogP contribution is 2.42. The molecule has 0 bridgehead atoms. The average molecular weight is 366 g/mol. The van der Waals surface area contributed by atoms with Gasteiger partial charge in [-0.05, 0) is 44.5 Å². The first kappa shape index (κ1) is 18.3. The van der Waals surface area contributed by atoms with E-state index >= 15 is 0 Å². The van der Waals surface area contributed by atoms with Crippen molar-refractivity contribution in [1.29, 1.82) is 0 Å². The third-order valence-electron chi connectivity index (χ3n) is 4.50. The summed E-state index contributed by atoms with van der Waals surface area (Å²) >= 11 is 0. The van der Waals surface area contributed by atoms with Crippen molar-refractivity contribution in [2.75, 3.05) is 0 Å². The predicted molar refractivity (Wildman–Crippen MR) is 99.0 cm³/mol. The molecule has 0 saturated heterocycles. The van der Waals surface area contributed by atoms with E-state index in [1.807, 2.05) is 0 Å². The van der Waals surface area contributed by atoms with Crippen molar-refractivity contribution in [3.05, 3.63) is 70.0 Å². The fourth-order valence-electron chi connectivity index (χ4n) is 3.21. The van der Waals surface area contributed by atoms with Crippen LogP contribution in [0.3, 0.4) is 0 Å².